The number of amides is 1. The average Bonchev–Trinajstić information content (AvgIpc) is 3.27. The molecule has 32 heavy (non-hydrogen) atoms. The number of hydrogen-bond donors (Lipinski definition) is 0. The third-order valence-corrected chi connectivity index (χ3v) is 5.35. The van der Waals surface area contributed by atoms with E-state index < -0.39 is 17.7 Å². The van der Waals surface area contributed by atoms with E-state index in [9.17, 15) is 9.59 Å². The number of carbonyl (C=O) groups excluding carboxylic acids is 2. The number of methoxy groups -OCH3 is 1. The molecule has 0 spiro atoms. The van der Waals surface area contributed by atoms with Crippen LogP contribution >= 0.6 is 0 Å². The van der Waals surface area contributed by atoms with Crippen LogP contribution in [0.1, 0.15) is 49.2 Å². The molecule has 0 N–H and O–H groups in total. The van der Waals surface area contributed by atoms with Crippen molar-refractivity contribution in [2.75, 3.05) is 38.3 Å². The van der Waals surface area contributed by atoms with Gasteiger partial charge < -0.3 is 19.1 Å². The zero-order valence-corrected chi connectivity index (χ0v) is 18.8. The first kappa shape index (κ1) is 22.0. The largest absolute Gasteiger partial charge is 0.465 e. The quantitative estimate of drug-likeness (QED) is 0.670. The minimum Gasteiger partial charge on any atom is -0.465 e. The highest BCUT2D eigenvalue weighted by Gasteiger charge is 2.32. The number of anilines is 1. The Labute approximate surface area is 187 Å². The molecular weight excluding hydrogens is 412 g/mol. The highest BCUT2D eigenvalue weighted by atomic mass is 16.6. The third kappa shape index (κ3) is 4.52. The van der Waals surface area contributed by atoms with Crippen LogP contribution in [0.2, 0.25) is 0 Å². The zero-order chi connectivity index (χ0) is 22.9. The van der Waals surface area contributed by atoms with E-state index in [0.717, 1.165) is 24.5 Å². The Hall–Kier alpha value is -3.20. The molecule has 2 aliphatic heterocycles. The van der Waals surface area contributed by atoms with E-state index in [2.05, 4.69) is 9.88 Å². The molecule has 1 aromatic carbocycles. The Morgan fingerprint density at radius 3 is 2.62 bits per heavy atom. The van der Waals surface area contributed by atoms with Crippen molar-refractivity contribution in [1.82, 2.24) is 14.9 Å². The fourth-order valence-corrected chi connectivity index (χ4v) is 3.87. The molecule has 0 radical (unpaired) electrons. The van der Waals surface area contributed by atoms with Gasteiger partial charge in [0.15, 0.2) is 0 Å². The van der Waals surface area contributed by atoms with E-state index in [1.165, 1.54) is 7.11 Å². The van der Waals surface area contributed by atoms with Gasteiger partial charge in [0, 0.05) is 24.9 Å². The van der Waals surface area contributed by atoms with E-state index in [1.54, 1.807) is 29.4 Å². The first-order valence-corrected chi connectivity index (χ1v) is 10.7. The van der Waals surface area contributed by atoms with Gasteiger partial charge in [0.2, 0.25) is 0 Å². The average molecular weight is 441 g/mol. The lowest BCUT2D eigenvalue weighted by atomic mass is 9.99. The summed E-state index contributed by atoms with van der Waals surface area (Å²) in [4.78, 5) is 38.3. The van der Waals surface area contributed by atoms with Crippen LogP contribution < -0.4 is 4.90 Å². The zero-order valence-electron chi connectivity index (χ0n) is 18.8. The van der Waals surface area contributed by atoms with Crippen molar-refractivity contribution in [2.24, 2.45) is 0 Å². The minimum atomic E-state index is -0.628. The maximum atomic E-state index is 12.9. The summed E-state index contributed by atoms with van der Waals surface area (Å²) >= 11 is 0. The fraction of sp³-hybridized carbons (Fsp3) is 0.478. The van der Waals surface area contributed by atoms with Gasteiger partial charge in [-0.15, -0.1) is 0 Å². The lowest BCUT2D eigenvalue weighted by molar-refractivity contribution is 0.0287. The number of hydrogen-bond acceptors (Lipinski definition) is 8. The van der Waals surface area contributed by atoms with E-state index in [4.69, 9.17) is 19.2 Å². The van der Waals surface area contributed by atoms with E-state index in [0.29, 0.717) is 36.2 Å². The lowest BCUT2D eigenvalue weighted by Crippen LogP contribution is -2.37. The van der Waals surface area contributed by atoms with Crippen molar-refractivity contribution in [3.8, 4) is 0 Å². The molecule has 0 bridgehead atoms. The topological polar surface area (TPSA) is 94.1 Å². The summed E-state index contributed by atoms with van der Waals surface area (Å²) in [6.07, 6.45) is 5.45. The van der Waals surface area contributed by atoms with Crippen LogP contribution in [-0.4, -0.2) is 65.9 Å². The van der Waals surface area contributed by atoms with Crippen LogP contribution in [0.25, 0.3) is 11.0 Å². The molecule has 1 fully saturated rings. The van der Waals surface area contributed by atoms with Crippen molar-refractivity contribution >= 4 is 28.9 Å². The Morgan fingerprint density at radius 1 is 1.19 bits per heavy atom. The van der Waals surface area contributed by atoms with Crippen molar-refractivity contribution < 1.29 is 23.8 Å². The van der Waals surface area contributed by atoms with Crippen molar-refractivity contribution in [1.29, 1.82) is 0 Å². The van der Waals surface area contributed by atoms with Crippen molar-refractivity contribution in [3.05, 3.63) is 41.7 Å². The highest BCUT2D eigenvalue weighted by Crippen LogP contribution is 2.36. The third-order valence-electron chi connectivity index (χ3n) is 5.35. The lowest BCUT2D eigenvalue weighted by Gasteiger charge is -2.29. The van der Waals surface area contributed by atoms with Gasteiger partial charge in [-0.3, -0.25) is 9.88 Å². The van der Waals surface area contributed by atoms with Gasteiger partial charge in [-0.25, -0.2) is 14.6 Å². The number of aromatic nitrogens is 2. The predicted octanol–water partition coefficient (Wildman–Crippen LogP) is 3.45. The Balaban J connectivity index is 1.79. The minimum absolute atomic E-state index is 0.361. The summed E-state index contributed by atoms with van der Waals surface area (Å²) < 4.78 is 16.0. The van der Waals surface area contributed by atoms with Gasteiger partial charge in [-0.1, -0.05) is 6.08 Å². The Morgan fingerprint density at radius 2 is 1.94 bits per heavy atom. The van der Waals surface area contributed by atoms with Crippen LogP contribution in [0.3, 0.4) is 0 Å². The van der Waals surface area contributed by atoms with Gasteiger partial charge in [-0.05, 0) is 39.3 Å². The number of rotatable bonds is 3. The summed E-state index contributed by atoms with van der Waals surface area (Å²) in [7, 11) is 1.34. The van der Waals surface area contributed by atoms with Gasteiger partial charge in [0.25, 0.3) is 0 Å². The Bertz CT molecular complexity index is 1060. The molecule has 4 rings (SSSR count). The molecule has 1 amide bonds. The maximum Gasteiger partial charge on any atom is 0.414 e. The smallest absolute Gasteiger partial charge is 0.414 e. The van der Waals surface area contributed by atoms with Crippen molar-refractivity contribution in [3.63, 3.8) is 0 Å². The molecule has 170 valence electrons. The molecule has 9 heteroatoms. The van der Waals surface area contributed by atoms with E-state index in [1.807, 2.05) is 26.8 Å². The molecule has 2 aliphatic rings. The molecule has 1 unspecified atom stereocenters. The van der Waals surface area contributed by atoms with E-state index in [-0.39, 0.29) is 6.04 Å². The normalized spacial score (nSPS) is 18.8. The number of morpholine rings is 1. The highest BCUT2D eigenvalue weighted by molar-refractivity contribution is 5.95. The van der Waals surface area contributed by atoms with Crippen LogP contribution in [-0.2, 0) is 14.2 Å². The summed E-state index contributed by atoms with van der Waals surface area (Å²) in [6, 6.07) is 3.04. The first-order chi connectivity index (χ1) is 15.3. The SMILES string of the molecule is COC(=O)c1cc(C2CC=CN2C(=O)OC(C)(C)C)c2nc(N3CCOCC3)cnc2c1. The van der Waals surface area contributed by atoms with Crippen LogP contribution in [0.15, 0.2) is 30.6 Å². The molecule has 0 saturated carbocycles. The monoisotopic (exact) mass is 440 g/mol. The molecule has 1 aromatic heterocycles. The summed E-state index contributed by atoms with van der Waals surface area (Å²) in [5, 5.41) is 0. The molecule has 3 heterocycles. The van der Waals surface area contributed by atoms with Crippen molar-refractivity contribution in [2.45, 2.75) is 38.8 Å². The molecule has 2 aromatic rings. The molecular formula is C23H28N4O5. The molecule has 9 nitrogen and oxygen atoms in total. The number of ether oxygens (including phenoxy) is 3. The Kier molecular flexibility index (Phi) is 6.01. The van der Waals surface area contributed by atoms with Gasteiger partial charge in [0.05, 0.1) is 49.2 Å². The molecule has 1 atom stereocenters. The summed E-state index contributed by atoms with van der Waals surface area (Å²) in [6.45, 7) is 8.20. The second-order valence-electron chi connectivity index (χ2n) is 8.78. The van der Waals surface area contributed by atoms with Crippen LogP contribution in [0.5, 0.6) is 0 Å². The van der Waals surface area contributed by atoms with Gasteiger partial charge in [-0.2, -0.15) is 0 Å². The van der Waals surface area contributed by atoms with Crippen LogP contribution in [0, 0.1) is 0 Å². The number of fused-ring (bicyclic) bond motifs is 1. The first-order valence-electron chi connectivity index (χ1n) is 10.7. The summed E-state index contributed by atoms with van der Waals surface area (Å²) in [5.74, 6) is 0.268. The second kappa shape index (κ2) is 8.74. The number of nitrogens with zero attached hydrogens (tertiary/aromatic N) is 4. The fourth-order valence-electron chi connectivity index (χ4n) is 3.87. The van der Waals surface area contributed by atoms with Crippen LogP contribution in [0.4, 0.5) is 10.6 Å². The predicted molar refractivity (Wildman–Crippen MR) is 118 cm³/mol. The number of esters is 1. The molecule has 0 aliphatic carbocycles. The molecule has 1 saturated heterocycles. The second-order valence-corrected chi connectivity index (χ2v) is 8.78. The maximum absolute atomic E-state index is 12.9. The standard InChI is InChI=1S/C23H28N4O5/c1-23(2,3)32-22(29)27-7-5-6-18(27)16-12-15(21(28)30-4)13-17-20(16)25-19(14-24-17)26-8-10-31-11-9-26/h5,7,12-14,18H,6,8-11H2,1-4H3. The van der Waals surface area contributed by atoms with E-state index >= 15 is 0 Å². The van der Waals surface area contributed by atoms with Gasteiger partial charge >= 0.3 is 12.1 Å². The number of benzene rings is 1. The number of carbonyl (C=O) groups is 2. The summed E-state index contributed by atoms with van der Waals surface area (Å²) in [5.41, 5.74) is 1.66. The van der Waals surface area contributed by atoms with Gasteiger partial charge in [0.1, 0.15) is 11.4 Å².